The van der Waals surface area contributed by atoms with E-state index in [9.17, 15) is 27.9 Å². The van der Waals surface area contributed by atoms with Gasteiger partial charge in [0, 0.05) is 18.2 Å². The third-order valence-corrected chi connectivity index (χ3v) is 6.55. The Morgan fingerprint density at radius 1 is 1.24 bits per heavy atom. The number of anilines is 1. The van der Waals surface area contributed by atoms with Crippen molar-refractivity contribution in [2.24, 2.45) is 11.1 Å². The molecule has 2 aromatic rings. The number of Topliss-reactive ketones (excluding diaryl/α,β-unsaturated/α-hetero) is 1. The molecule has 0 unspecified atom stereocenters. The van der Waals surface area contributed by atoms with Gasteiger partial charge in [0.05, 0.1) is 40.7 Å². The summed E-state index contributed by atoms with van der Waals surface area (Å²) in [6.07, 6.45) is -2.92. The predicted molar refractivity (Wildman–Crippen MR) is 120 cm³/mol. The summed E-state index contributed by atoms with van der Waals surface area (Å²) < 4.78 is 41.2. The first-order valence-electron chi connectivity index (χ1n) is 11.4. The molecule has 0 bridgehead atoms. The number of primary amides is 1. The van der Waals surface area contributed by atoms with Crippen molar-refractivity contribution in [3.05, 3.63) is 40.7 Å². The predicted octanol–water partition coefficient (Wildman–Crippen LogP) is 3.95. The normalized spacial score (nSPS) is 22.4. The molecule has 1 fully saturated rings. The summed E-state index contributed by atoms with van der Waals surface area (Å²) in [4.78, 5) is 24.9. The summed E-state index contributed by atoms with van der Waals surface area (Å²) in [5.41, 5.74) is 6.50. The maximum Gasteiger partial charge on any atom is 0.394 e. The van der Waals surface area contributed by atoms with Crippen LogP contribution in [-0.4, -0.2) is 44.9 Å². The van der Waals surface area contributed by atoms with Crippen LogP contribution in [0.2, 0.25) is 0 Å². The lowest BCUT2D eigenvalue weighted by Crippen LogP contribution is -2.29. The van der Waals surface area contributed by atoms with Crippen molar-refractivity contribution >= 4 is 17.4 Å². The summed E-state index contributed by atoms with van der Waals surface area (Å²) in [6.45, 7) is 3.80. The number of nitrogens with one attached hydrogen (secondary N) is 1. The van der Waals surface area contributed by atoms with Crippen LogP contribution in [0.3, 0.4) is 0 Å². The highest BCUT2D eigenvalue weighted by Gasteiger charge is 2.40. The zero-order chi connectivity index (χ0) is 24.8. The topological polar surface area (TPSA) is 110 Å². The summed E-state index contributed by atoms with van der Waals surface area (Å²) in [7, 11) is 0. The van der Waals surface area contributed by atoms with E-state index in [-0.39, 0.29) is 41.2 Å². The lowest BCUT2D eigenvalue weighted by Gasteiger charge is -2.29. The Hall–Kier alpha value is -2.88. The highest BCUT2D eigenvalue weighted by atomic mass is 19.4. The minimum atomic E-state index is -4.51. The van der Waals surface area contributed by atoms with Crippen molar-refractivity contribution in [3.63, 3.8) is 0 Å². The van der Waals surface area contributed by atoms with Gasteiger partial charge >= 0.3 is 6.18 Å². The Kier molecular flexibility index (Phi) is 6.22. The molecule has 1 amide bonds. The van der Waals surface area contributed by atoms with E-state index in [2.05, 4.69) is 10.4 Å². The standard InChI is InChI=1S/C24H29F3N4O3/c1-23(2)11-19-21(20(33)12-23)18(10-24(25,26)27)30-31(19)14-5-8-16(22(28)34)17(9-14)29-13-3-6-15(32)7-4-13/h5,8-9,13,15,29,32H,3-4,6-7,10-12H2,1-2H3,(H2,28,34). The van der Waals surface area contributed by atoms with Gasteiger partial charge in [-0.3, -0.25) is 9.59 Å². The van der Waals surface area contributed by atoms with Gasteiger partial charge in [-0.05, 0) is 55.7 Å². The molecule has 7 nitrogen and oxygen atoms in total. The number of amides is 1. The molecule has 1 aromatic heterocycles. The second-order valence-corrected chi connectivity index (χ2v) is 10.2. The van der Waals surface area contributed by atoms with Gasteiger partial charge in [-0.15, -0.1) is 0 Å². The van der Waals surface area contributed by atoms with Gasteiger partial charge in [-0.2, -0.15) is 18.3 Å². The van der Waals surface area contributed by atoms with Crippen molar-refractivity contribution in [1.82, 2.24) is 9.78 Å². The molecule has 2 aliphatic carbocycles. The van der Waals surface area contributed by atoms with Crippen molar-refractivity contribution in [3.8, 4) is 5.69 Å². The van der Waals surface area contributed by atoms with Crippen molar-refractivity contribution in [2.75, 3.05) is 5.32 Å². The molecule has 4 rings (SSSR count). The van der Waals surface area contributed by atoms with Gasteiger partial charge in [0.1, 0.15) is 0 Å². The van der Waals surface area contributed by atoms with Crippen molar-refractivity contribution < 1.29 is 27.9 Å². The Morgan fingerprint density at radius 3 is 2.53 bits per heavy atom. The number of aliphatic hydroxyl groups is 1. The lowest BCUT2D eigenvalue weighted by atomic mass is 9.75. The van der Waals surface area contributed by atoms with Gasteiger partial charge < -0.3 is 16.2 Å². The zero-order valence-electron chi connectivity index (χ0n) is 19.2. The maximum absolute atomic E-state index is 13.3. The van der Waals surface area contributed by atoms with E-state index in [4.69, 9.17) is 5.73 Å². The second kappa shape index (κ2) is 8.72. The van der Waals surface area contributed by atoms with Crippen LogP contribution < -0.4 is 11.1 Å². The minimum Gasteiger partial charge on any atom is -0.393 e. The Labute approximate surface area is 195 Å². The number of hydrogen-bond acceptors (Lipinski definition) is 5. The molecule has 2 aliphatic rings. The number of benzene rings is 1. The third-order valence-electron chi connectivity index (χ3n) is 6.55. The van der Waals surface area contributed by atoms with Crippen molar-refractivity contribution in [2.45, 2.75) is 77.1 Å². The van der Waals surface area contributed by atoms with E-state index >= 15 is 0 Å². The molecule has 34 heavy (non-hydrogen) atoms. The van der Waals surface area contributed by atoms with Crippen LogP contribution in [0.1, 0.15) is 78.1 Å². The quantitative estimate of drug-likeness (QED) is 0.603. The number of carbonyl (C=O) groups excluding carboxylic acids is 2. The number of carbonyl (C=O) groups is 2. The summed E-state index contributed by atoms with van der Waals surface area (Å²) >= 11 is 0. The number of alkyl halides is 3. The SMILES string of the molecule is CC1(C)CC(=O)c2c(CC(F)(F)F)nn(-c3ccc(C(N)=O)c(NC4CCC(O)CC4)c3)c2C1. The summed E-state index contributed by atoms with van der Waals surface area (Å²) in [5, 5.41) is 17.3. The number of aliphatic hydroxyl groups excluding tert-OH is 1. The molecule has 0 radical (unpaired) electrons. The molecule has 0 spiro atoms. The highest BCUT2D eigenvalue weighted by molar-refractivity contribution is 6.00. The first kappa shape index (κ1) is 24.3. The summed E-state index contributed by atoms with van der Waals surface area (Å²) in [6, 6.07) is 4.75. The average Bonchev–Trinajstić information content (AvgIpc) is 3.04. The first-order valence-corrected chi connectivity index (χ1v) is 11.4. The van der Waals surface area contributed by atoms with Crippen LogP contribution in [0.15, 0.2) is 18.2 Å². The van der Waals surface area contributed by atoms with E-state index in [0.29, 0.717) is 49.2 Å². The molecule has 1 heterocycles. The molecule has 1 aromatic carbocycles. The molecule has 0 saturated heterocycles. The Bertz CT molecular complexity index is 1120. The van der Waals surface area contributed by atoms with Gasteiger partial charge in [-0.25, -0.2) is 4.68 Å². The Morgan fingerprint density at radius 2 is 1.91 bits per heavy atom. The monoisotopic (exact) mass is 478 g/mol. The van der Waals surface area contributed by atoms with Gasteiger partial charge in [0.2, 0.25) is 0 Å². The number of nitrogens with zero attached hydrogens (tertiary/aromatic N) is 2. The van der Waals surface area contributed by atoms with E-state index in [1.807, 2.05) is 13.8 Å². The highest BCUT2D eigenvalue weighted by Crippen LogP contribution is 2.39. The Balaban J connectivity index is 1.78. The third kappa shape index (κ3) is 5.11. The largest absolute Gasteiger partial charge is 0.394 e. The number of halogens is 3. The van der Waals surface area contributed by atoms with Crippen LogP contribution >= 0.6 is 0 Å². The fourth-order valence-electron chi connectivity index (χ4n) is 4.99. The van der Waals surface area contributed by atoms with E-state index in [1.54, 1.807) is 12.1 Å². The molecule has 184 valence electrons. The maximum atomic E-state index is 13.3. The minimum absolute atomic E-state index is 0.0181. The number of fused-ring (bicyclic) bond motifs is 1. The molecule has 10 heteroatoms. The molecule has 1 saturated carbocycles. The van der Waals surface area contributed by atoms with E-state index < -0.39 is 23.9 Å². The van der Waals surface area contributed by atoms with Crippen LogP contribution in [-0.2, 0) is 12.8 Å². The molecule has 4 N–H and O–H groups in total. The zero-order valence-corrected chi connectivity index (χ0v) is 19.2. The molecular formula is C24H29F3N4O3. The average molecular weight is 479 g/mol. The molecule has 0 aliphatic heterocycles. The van der Waals surface area contributed by atoms with Gasteiger partial charge in [-0.1, -0.05) is 13.8 Å². The number of nitrogens with two attached hydrogens (primary N) is 1. The first-order chi connectivity index (χ1) is 15.8. The second-order valence-electron chi connectivity index (χ2n) is 10.2. The number of ketones is 1. The summed E-state index contributed by atoms with van der Waals surface area (Å²) in [5.74, 6) is -0.980. The van der Waals surface area contributed by atoms with Gasteiger partial charge in [0.15, 0.2) is 5.78 Å². The molecule has 0 atom stereocenters. The number of hydrogen-bond donors (Lipinski definition) is 3. The molecular weight excluding hydrogens is 449 g/mol. The van der Waals surface area contributed by atoms with E-state index in [1.165, 1.54) is 10.7 Å². The van der Waals surface area contributed by atoms with Crippen LogP contribution in [0, 0.1) is 5.41 Å². The van der Waals surface area contributed by atoms with Gasteiger partial charge in [0.25, 0.3) is 5.91 Å². The smallest absolute Gasteiger partial charge is 0.393 e. The van der Waals surface area contributed by atoms with E-state index in [0.717, 1.165) is 0 Å². The van der Waals surface area contributed by atoms with Crippen LogP contribution in [0.25, 0.3) is 5.69 Å². The fourth-order valence-corrected chi connectivity index (χ4v) is 4.99. The number of aromatic nitrogens is 2. The van der Waals surface area contributed by atoms with Crippen LogP contribution in [0.5, 0.6) is 0 Å². The lowest BCUT2D eigenvalue weighted by molar-refractivity contribution is -0.127. The number of rotatable bonds is 5. The fraction of sp³-hybridized carbons (Fsp3) is 0.542. The van der Waals surface area contributed by atoms with Crippen molar-refractivity contribution in [1.29, 1.82) is 0 Å². The van der Waals surface area contributed by atoms with Crippen LogP contribution in [0.4, 0.5) is 18.9 Å².